The van der Waals surface area contributed by atoms with Gasteiger partial charge in [-0.05, 0) is 24.5 Å². The van der Waals surface area contributed by atoms with Crippen LogP contribution in [0, 0.1) is 10.1 Å². The topological polar surface area (TPSA) is 66.6 Å². The molecular formula is C15H21BrN2O3. The van der Waals surface area contributed by atoms with E-state index in [2.05, 4.69) is 20.8 Å². The molecule has 5 nitrogen and oxygen atoms in total. The summed E-state index contributed by atoms with van der Waals surface area (Å²) in [6.45, 7) is 1.50. The molecule has 0 amide bonds. The molecule has 2 rings (SSSR count). The summed E-state index contributed by atoms with van der Waals surface area (Å²) in [6, 6.07) is 5.40. The normalized spacial score (nSPS) is 16.3. The lowest BCUT2D eigenvalue weighted by Gasteiger charge is -2.34. The number of aliphatic hydroxyl groups is 1. The Hall–Kier alpha value is -0.980. The highest BCUT2D eigenvalue weighted by atomic mass is 79.9. The van der Waals surface area contributed by atoms with Crippen molar-refractivity contribution in [3.63, 3.8) is 0 Å². The minimum Gasteiger partial charge on any atom is -0.395 e. The fourth-order valence-electron chi connectivity index (χ4n) is 2.96. The van der Waals surface area contributed by atoms with Gasteiger partial charge in [0, 0.05) is 35.7 Å². The van der Waals surface area contributed by atoms with Crippen molar-refractivity contribution in [3.05, 3.63) is 38.3 Å². The highest BCUT2D eigenvalue weighted by Gasteiger charge is 2.22. The lowest BCUT2D eigenvalue weighted by Crippen LogP contribution is -2.38. The molecule has 0 radical (unpaired) electrons. The van der Waals surface area contributed by atoms with Gasteiger partial charge < -0.3 is 5.11 Å². The summed E-state index contributed by atoms with van der Waals surface area (Å²) in [7, 11) is 0. The van der Waals surface area contributed by atoms with Crippen molar-refractivity contribution in [1.82, 2.24) is 4.90 Å². The average Bonchev–Trinajstić information content (AvgIpc) is 2.49. The van der Waals surface area contributed by atoms with E-state index in [0.717, 1.165) is 10.0 Å². The van der Waals surface area contributed by atoms with Crippen molar-refractivity contribution >= 4 is 21.6 Å². The zero-order valence-corrected chi connectivity index (χ0v) is 13.6. The molecule has 1 aliphatic rings. The van der Waals surface area contributed by atoms with Gasteiger partial charge in [-0.2, -0.15) is 0 Å². The number of nitrogens with zero attached hydrogens (tertiary/aromatic N) is 2. The number of halogens is 1. The molecule has 1 saturated carbocycles. The molecule has 1 aliphatic carbocycles. The van der Waals surface area contributed by atoms with Crippen LogP contribution in [0.3, 0.4) is 0 Å². The Morgan fingerprint density at radius 1 is 1.33 bits per heavy atom. The van der Waals surface area contributed by atoms with Crippen LogP contribution in [0.5, 0.6) is 0 Å². The maximum Gasteiger partial charge on any atom is 0.270 e. The summed E-state index contributed by atoms with van der Waals surface area (Å²) in [5.41, 5.74) is 1.12. The minimum absolute atomic E-state index is 0.0944. The smallest absolute Gasteiger partial charge is 0.270 e. The van der Waals surface area contributed by atoms with Gasteiger partial charge in [0.15, 0.2) is 0 Å². The van der Waals surface area contributed by atoms with Gasteiger partial charge in [-0.3, -0.25) is 15.0 Å². The van der Waals surface area contributed by atoms with Crippen LogP contribution in [0.4, 0.5) is 5.69 Å². The lowest BCUT2D eigenvalue weighted by atomic mass is 9.94. The standard InChI is InChI=1S/C15H21BrN2O3/c16-15-10-14(18(20)21)7-6-12(15)11-17(8-9-19)13-4-2-1-3-5-13/h6-7,10,13,19H,1-5,8-9,11H2. The van der Waals surface area contributed by atoms with E-state index in [1.165, 1.54) is 38.2 Å². The maximum atomic E-state index is 10.8. The molecule has 0 aromatic heterocycles. The molecular weight excluding hydrogens is 336 g/mol. The predicted molar refractivity (Wildman–Crippen MR) is 85.2 cm³/mol. The molecule has 0 atom stereocenters. The Balaban J connectivity index is 2.10. The molecule has 1 aromatic rings. The SMILES string of the molecule is O=[N+]([O-])c1ccc(CN(CCO)C2CCCCC2)c(Br)c1. The molecule has 1 fully saturated rings. The van der Waals surface area contributed by atoms with E-state index in [1.54, 1.807) is 12.1 Å². The zero-order chi connectivity index (χ0) is 15.2. The van der Waals surface area contributed by atoms with E-state index in [-0.39, 0.29) is 17.2 Å². The van der Waals surface area contributed by atoms with Crippen molar-refractivity contribution in [2.75, 3.05) is 13.2 Å². The first-order chi connectivity index (χ1) is 10.1. The van der Waals surface area contributed by atoms with Crippen LogP contribution in [0.25, 0.3) is 0 Å². The molecule has 6 heteroatoms. The van der Waals surface area contributed by atoms with Crippen LogP contribution in [0.2, 0.25) is 0 Å². The Labute approximate surface area is 133 Å². The summed E-state index contributed by atoms with van der Waals surface area (Å²) >= 11 is 3.43. The van der Waals surface area contributed by atoms with Gasteiger partial charge in [-0.1, -0.05) is 35.2 Å². The third-order valence-electron chi connectivity index (χ3n) is 4.10. The molecule has 21 heavy (non-hydrogen) atoms. The molecule has 1 aromatic carbocycles. The molecule has 0 bridgehead atoms. The summed E-state index contributed by atoms with van der Waals surface area (Å²) in [4.78, 5) is 12.7. The van der Waals surface area contributed by atoms with E-state index >= 15 is 0 Å². The van der Waals surface area contributed by atoms with E-state index in [1.807, 2.05) is 0 Å². The molecule has 1 N–H and O–H groups in total. The number of nitro benzene ring substituents is 1. The Kier molecular flexibility index (Phi) is 6.14. The maximum absolute atomic E-state index is 10.8. The zero-order valence-electron chi connectivity index (χ0n) is 12.0. The van der Waals surface area contributed by atoms with E-state index in [9.17, 15) is 15.2 Å². The number of rotatable bonds is 6. The first-order valence-corrected chi connectivity index (χ1v) is 8.19. The summed E-state index contributed by atoms with van der Waals surface area (Å²) in [5.74, 6) is 0. The van der Waals surface area contributed by atoms with Gasteiger partial charge >= 0.3 is 0 Å². The van der Waals surface area contributed by atoms with Crippen LogP contribution in [0.15, 0.2) is 22.7 Å². The first-order valence-electron chi connectivity index (χ1n) is 7.39. The number of hydrogen-bond acceptors (Lipinski definition) is 4. The summed E-state index contributed by atoms with van der Waals surface area (Å²) < 4.78 is 0.760. The lowest BCUT2D eigenvalue weighted by molar-refractivity contribution is -0.384. The van der Waals surface area contributed by atoms with Gasteiger partial charge in [0.1, 0.15) is 0 Å². The fraction of sp³-hybridized carbons (Fsp3) is 0.600. The summed E-state index contributed by atoms with van der Waals surface area (Å²) in [6.07, 6.45) is 6.13. The largest absolute Gasteiger partial charge is 0.395 e. The monoisotopic (exact) mass is 356 g/mol. The Bertz CT molecular complexity index is 490. The quantitative estimate of drug-likeness (QED) is 0.625. The predicted octanol–water partition coefficient (Wildman–Crippen LogP) is 3.48. The highest BCUT2D eigenvalue weighted by Crippen LogP contribution is 2.28. The molecule has 0 saturated heterocycles. The average molecular weight is 357 g/mol. The van der Waals surface area contributed by atoms with Gasteiger partial charge in [-0.15, -0.1) is 0 Å². The number of non-ortho nitro benzene ring substituents is 1. The number of aliphatic hydroxyl groups excluding tert-OH is 1. The first kappa shape index (κ1) is 16.4. The third-order valence-corrected chi connectivity index (χ3v) is 4.84. The third kappa shape index (κ3) is 4.49. The second-order valence-electron chi connectivity index (χ2n) is 5.52. The van der Waals surface area contributed by atoms with Gasteiger partial charge in [-0.25, -0.2) is 0 Å². The van der Waals surface area contributed by atoms with Crippen LogP contribution in [-0.4, -0.2) is 34.1 Å². The van der Waals surface area contributed by atoms with Crippen molar-refractivity contribution < 1.29 is 10.0 Å². The molecule has 0 heterocycles. The second kappa shape index (κ2) is 7.87. The van der Waals surface area contributed by atoms with Crippen LogP contribution in [-0.2, 0) is 6.54 Å². The van der Waals surface area contributed by atoms with Crippen molar-refractivity contribution in [3.8, 4) is 0 Å². The van der Waals surface area contributed by atoms with Crippen LogP contribution in [0.1, 0.15) is 37.7 Å². The van der Waals surface area contributed by atoms with E-state index in [0.29, 0.717) is 19.1 Å². The van der Waals surface area contributed by atoms with E-state index < -0.39 is 0 Å². The molecule has 116 valence electrons. The van der Waals surface area contributed by atoms with E-state index in [4.69, 9.17) is 0 Å². The molecule has 0 aliphatic heterocycles. The number of benzene rings is 1. The second-order valence-corrected chi connectivity index (χ2v) is 6.37. The molecule has 0 unspecified atom stereocenters. The summed E-state index contributed by atoms with van der Waals surface area (Å²) in [5, 5.41) is 20.1. The molecule has 0 spiro atoms. The van der Waals surface area contributed by atoms with Crippen molar-refractivity contribution in [2.45, 2.75) is 44.7 Å². The van der Waals surface area contributed by atoms with Crippen molar-refractivity contribution in [2.24, 2.45) is 0 Å². The van der Waals surface area contributed by atoms with Gasteiger partial charge in [0.05, 0.1) is 11.5 Å². The highest BCUT2D eigenvalue weighted by molar-refractivity contribution is 9.10. The van der Waals surface area contributed by atoms with Crippen LogP contribution >= 0.6 is 15.9 Å². The number of hydrogen-bond donors (Lipinski definition) is 1. The van der Waals surface area contributed by atoms with Crippen molar-refractivity contribution in [1.29, 1.82) is 0 Å². The minimum atomic E-state index is -0.388. The van der Waals surface area contributed by atoms with Gasteiger partial charge in [0.2, 0.25) is 0 Å². The van der Waals surface area contributed by atoms with Crippen LogP contribution < -0.4 is 0 Å². The number of nitro groups is 1. The van der Waals surface area contributed by atoms with Gasteiger partial charge in [0.25, 0.3) is 5.69 Å². The Morgan fingerprint density at radius 2 is 2.05 bits per heavy atom. The fourth-order valence-corrected chi connectivity index (χ4v) is 3.45. The Morgan fingerprint density at radius 3 is 2.62 bits per heavy atom.